The molecule has 5 aromatic rings. The third kappa shape index (κ3) is 2.03. The van der Waals surface area contributed by atoms with Crippen molar-refractivity contribution in [3.8, 4) is 11.4 Å². The average Bonchev–Trinajstić information content (AvgIpc) is 3.18. The summed E-state index contributed by atoms with van der Waals surface area (Å²) in [6, 6.07) is 5.50. The maximum absolute atomic E-state index is 14.7. The minimum atomic E-state index is -1.06. The van der Waals surface area contributed by atoms with Crippen molar-refractivity contribution in [2.24, 2.45) is 0 Å². The van der Waals surface area contributed by atoms with Gasteiger partial charge in [-0.15, -0.1) is 0 Å². The van der Waals surface area contributed by atoms with Crippen molar-refractivity contribution >= 4 is 56.0 Å². The highest BCUT2D eigenvalue weighted by molar-refractivity contribution is 6.42. The molecular weight excluding hydrogens is 401 g/mol. The summed E-state index contributed by atoms with van der Waals surface area (Å²) in [5, 5.41) is 10.1. The molecule has 1 N–H and O–H groups in total. The zero-order valence-electron chi connectivity index (χ0n) is 13.1. The lowest BCUT2D eigenvalue weighted by Crippen LogP contribution is -2.20. The molecule has 0 amide bonds. The van der Waals surface area contributed by atoms with Gasteiger partial charge in [0.1, 0.15) is 11.1 Å². The zero-order chi connectivity index (χ0) is 19.0. The number of hydrogen-bond donors (Lipinski definition) is 1. The van der Waals surface area contributed by atoms with E-state index < -0.39 is 22.8 Å². The number of fused-ring (bicyclic) bond motifs is 7. The fraction of sp³-hybridized carbons (Fsp3) is 0. The van der Waals surface area contributed by atoms with Crippen LogP contribution in [0.25, 0.3) is 38.5 Å². The molecule has 0 aliphatic carbocycles. The van der Waals surface area contributed by atoms with Crippen molar-refractivity contribution in [3.63, 3.8) is 0 Å². The van der Waals surface area contributed by atoms with E-state index in [9.17, 15) is 18.7 Å². The Kier molecular flexibility index (Phi) is 3.20. The lowest BCUT2D eigenvalue weighted by Gasteiger charge is -2.13. The second-order valence-corrected chi connectivity index (χ2v) is 6.75. The van der Waals surface area contributed by atoms with Crippen LogP contribution in [0.5, 0.6) is 5.75 Å². The summed E-state index contributed by atoms with van der Waals surface area (Å²) in [6.45, 7) is 0. The Morgan fingerprint density at radius 1 is 1.07 bits per heavy atom. The number of aromatic hydroxyl groups is 1. The van der Waals surface area contributed by atoms with Crippen LogP contribution in [0, 0.1) is 11.8 Å². The monoisotopic (exact) mass is 406 g/mol. The molecule has 4 aromatic heterocycles. The molecule has 0 spiro atoms. The van der Waals surface area contributed by atoms with Gasteiger partial charge in [0.2, 0.25) is 5.95 Å². The van der Waals surface area contributed by atoms with Gasteiger partial charge in [-0.2, -0.15) is 4.39 Å². The van der Waals surface area contributed by atoms with Crippen LogP contribution in [0.4, 0.5) is 8.78 Å². The third-order valence-corrected chi connectivity index (χ3v) is 5.19. The van der Waals surface area contributed by atoms with E-state index in [-0.39, 0.29) is 48.8 Å². The van der Waals surface area contributed by atoms with Gasteiger partial charge in [-0.3, -0.25) is 9.36 Å². The molecule has 5 rings (SSSR count). The molecular formula is C18H6Cl2F2N2O3. The number of halogens is 4. The first kappa shape index (κ1) is 16.3. The standard InChI is InChI=1S/C18H6Cl2F2N2O3/c19-7-2-1-6(3-8(7)20)24-15-12(9(21)5-23-17(15)22)14-13(18(24)26)11-4-10(25)16(14)27-11/h1-5,25H. The van der Waals surface area contributed by atoms with E-state index >= 15 is 0 Å². The maximum atomic E-state index is 14.7. The quantitative estimate of drug-likeness (QED) is 0.313. The SMILES string of the molecule is O=c1c2c3cc(O)c(o3)c2c2c(F)cnc(F)c2n1-c1ccc(Cl)c(Cl)c1. The van der Waals surface area contributed by atoms with Gasteiger partial charge < -0.3 is 9.52 Å². The van der Waals surface area contributed by atoms with Gasteiger partial charge in [0.05, 0.1) is 38.1 Å². The largest absolute Gasteiger partial charge is 0.504 e. The van der Waals surface area contributed by atoms with E-state index in [0.717, 1.165) is 4.57 Å². The number of hydrogen-bond acceptors (Lipinski definition) is 4. The fourth-order valence-electron chi connectivity index (χ4n) is 3.35. The van der Waals surface area contributed by atoms with E-state index in [1.165, 1.54) is 24.3 Å². The molecule has 1 aromatic carbocycles. The summed E-state index contributed by atoms with van der Waals surface area (Å²) < 4.78 is 35.7. The molecule has 134 valence electrons. The second kappa shape index (κ2) is 5.31. The number of nitrogens with zero attached hydrogens (tertiary/aromatic N) is 2. The first-order valence-electron chi connectivity index (χ1n) is 7.60. The van der Waals surface area contributed by atoms with Crippen LogP contribution in [0.1, 0.15) is 0 Å². The highest BCUT2D eigenvalue weighted by Gasteiger charge is 2.27. The summed E-state index contributed by atoms with van der Waals surface area (Å²) in [6.07, 6.45) is 0.708. The molecule has 0 unspecified atom stereocenters. The molecule has 2 bridgehead atoms. The predicted molar refractivity (Wildman–Crippen MR) is 97.4 cm³/mol. The average molecular weight is 407 g/mol. The molecule has 0 fully saturated rings. The molecule has 0 aliphatic heterocycles. The van der Waals surface area contributed by atoms with Gasteiger partial charge in [0, 0.05) is 6.07 Å². The Morgan fingerprint density at radius 2 is 1.85 bits per heavy atom. The predicted octanol–water partition coefficient (Wildman–Crippen LogP) is 5.01. The van der Waals surface area contributed by atoms with Gasteiger partial charge in [0.15, 0.2) is 17.1 Å². The summed E-state index contributed by atoms with van der Waals surface area (Å²) in [4.78, 5) is 16.6. The Morgan fingerprint density at radius 3 is 2.59 bits per heavy atom. The normalized spacial score (nSPS) is 12.0. The summed E-state index contributed by atoms with van der Waals surface area (Å²) in [5.74, 6) is -2.19. The van der Waals surface area contributed by atoms with Crippen LogP contribution in [0.2, 0.25) is 10.0 Å². The highest BCUT2D eigenvalue weighted by atomic mass is 35.5. The van der Waals surface area contributed by atoms with Crippen LogP contribution >= 0.6 is 23.2 Å². The number of rotatable bonds is 1. The summed E-state index contributed by atoms with van der Waals surface area (Å²) in [5.41, 5.74) is -0.914. The molecule has 0 saturated carbocycles. The van der Waals surface area contributed by atoms with Crippen molar-refractivity contribution in [2.75, 3.05) is 0 Å². The van der Waals surface area contributed by atoms with E-state index in [1.807, 2.05) is 0 Å². The minimum Gasteiger partial charge on any atom is -0.504 e. The fourth-order valence-corrected chi connectivity index (χ4v) is 3.64. The molecule has 9 heteroatoms. The minimum absolute atomic E-state index is 0.000102. The van der Waals surface area contributed by atoms with Crippen LogP contribution < -0.4 is 5.56 Å². The highest BCUT2D eigenvalue weighted by Crippen LogP contribution is 2.42. The van der Waals surface area contributed by atoms with Crippen LogP contribution in [0.15, 0.2) is 39.7 Å². The molecule has 0 radical (unpaired) electrons. The van der Waals surface area contributed by atoms with Gasteiger partial charge in [0.25, 0.3) is 5.56 Å². The van der Waals surface area contributed by atoms with E-state index in [0.29, 0.717) is 6.20 Å². The van der Waals surface area contributed by atoms with Gasteiger partial charge in [-0.1, -0.05) is 23.2 Å². The number of phenolic OH excluding ortho intramolecular Hbond substituents is 1. The number of pyridine rings is 2. The van der Waals surface area contributed by atoms with Gasteiger partial charge >= 0.3 is 0 Å². The third-order valence-electron chi connectivity index (χ3n) is 4.45. The molecule has 4 heterocycles. The Bertz CT molecular complexity index is 1460. The van der Waals surface area contributed by atoms with E-state index in [2.05, 4.69) is 4.98 Å². The first-order valence-corrected chi connectivity index (χ1v) is 8.35. The Labute approximate surface area is 158 Å². The van der Waals surface area contributed by atoms with Gasteiger partial charge in [-0.05, 0) is 18.2 Å². The van der Waals surface area contributed by atoms with Crippen molar-refractivity contribution < 1.29 is 18.3 Å². The Hall–Kier alpha value is -2.90. The molecule has 27 heavy (non-hydrogen) atoms. The summed E-state index contributed by atoms with van der Waals surface area (Å²) >= 11 is 11.9. The lowest BCUT2D eigenvalue weighted by molar-refractivity contribution is 0.477. The number of benzene rings is 2. The Balaban J connectivity index is 2.11. The summed E-state index contributed by atoms with van der Waals surface area (Å²) in [7, 11) is 0. The number of furan rings is 2. The van der Waals surface area contributed by atoms with Crippen molar-refractivity contribution in [1.29, 1.82) is 0 Å². The number of aromatic nitrogens is 2. The molecule has 5 nitrogen and oxygen atoms in total. The van der Waals surface area contributed by atoms with Gasteiger partial charge in [-0.25, -0.2) is 9.37 Å². The topological polar surface area (TPSA) is 68.3 Å². The molecule has 0 saturated heterocycles. The first-order chi connectivity index (χ1) is 12.9. The second-order valence-electron chi connectivity index (χ2n) is 5.93. The van der Waals surface area contributed by atoms with Crippen LogP contribution in [-0.4, -0.2) is 14.7 Å². The molecule has 0 aliphatic rings. The van der Waals surface area contributed by atoms with Crippen LogP contribution in [0.3, 0.4) is 0 Å². The lowest BCUT2D eigenvalue weighted by atomic mass is 10.1. The molecule has 0 atom stereocenters. The number of phenols is 1. The zero-order valence-corrected chi connectivity index (χ0v) is 14.6. The maximum Gasteiger partial charge on any atom is 0.267 e. The van der Waals surface area contributed by atoms with Crippen molar-refractivity contribution in [1.82, 2.24) is 9.55 Å². The van der Waals surface area contributed by atoms with Crippen molar-refractivity contribution in [3.05, 3.63) is 62.6 Å². The van der Waals surface area contributed by atoms with E-state index in [1.54, 1.807) is 0 Å². The van der Waals surface area contributed by atoms with Crippen molar-refractivity contribution in [2.45, 2.75) is 0 Å². The smallest absolute Gasteiger partial charge is 0.267 e. The van der Waals surface area contributed by atoms with E-state index in [4.69, 9.17) is 27.6 Å². The van der Waals surface area contributed by atoms with Crippen LogP contribution in [-0.2, 0) is 0 Å².